The first kappa shape index (κ1) is 26.5. The fourth-order valence-electron chi connectivity index (χ4n) is 6.07. The van der Waals surface area contributed by atoms with Crippen LogP contribution in [-0.2, 0) is 4.74 Å². The zero-order valence-electron chi connectivity index (χ0n) is 21.9. The molecule has 3 aromatic heterocycles. The number of halogens is 2. The Morgan fingerprint density at radius 2 is 1.78 bits per heavy atom. The summed E-state index contributed by atoms with van der Waals surface area (Å²) >= 11 is 0. The molecule has 1 fully saturated rings. The predicted octanol–water partition coefficient (Wildman–Crippen LogP) is 5.84. The van der Waals surface area contributed by atoms with Gasteiger partial charge in [-0.3, -0.25) is 14.5 Å². The molecule has 13 heteroatoms. The Hall–Kier alpha value is -4.77. The molecule has 6 rings (SSSR count). The molecule has 2 aliphatic rings. The van der Waals surface area contributed by atoms with E-state index in [0.29, 0.717) is 61.2 Å². The van der Waals surface area contributed by atoms with E-state index in [-0.39, 0.29) is 11.7 Å². The number of aromatic amines is 1. The van der Waals surface area contributed by atoms with Crippen molar-refractivity contribution in [3.8, 4) is 0 Å². The van der Waals surface area contributed by atoms with Gasteiger partial charge in [0.2, 0.25) is 0 Å². The fraction of sp³-hybridized carbons (Fsp3) is 0.357. The number of likely N-dealkylation sites (tertiary alicyclic amines) is 1. The van der Waals surface area contributed by atoms with Crippen LogP contribution in [-0.4, -0.2) is 43.6 Å². The van der Waals surface area contributed by atoms with Crippen molar-refractivity contribution in [1.82, 2.24) is 24.4 Å². The average molecular weight is 561 g/mol. The Morgan fingerprint density at radius 1 is 1.05 bits per heavy atom. The summed E-state index contributed by atoms with van der Waals surface area (Å²) in [6.07, 6.45) is 3.67. The van der Waals surface area contributed by atoms with Crippen molar-refractivity contribution in [1.29, 1.82) is 0 Å². The van der Waals surface area contributed by atoms with Gasteiger partial charge in [0.05, 0.1) is 17.3 Å². The zero-order valence-corrected chi connectivity index (χ0v) is 21.9. The zero-order chi connectivity index (χ0) is 28.5. The lowest BCUT2D eigenvalue weighted by atomic mass is 9.86. The summed E-state index contributed by atoms with van der Waals surface area (Å²) in [6.45, 7) is 0.772. The number of carbonyl (C=O) groups excluding carboxylic acids is 1. The van der Waals surface area contributed by atoms with Crippen molar-refractivity contribution in [2.75, 3.05) is 13.1 Å². The SMILES string of the molecule is [N-]=[N+]=N[C@@H]1c2cccnc2[C@H](OC(=O)N2CCC(n3c(=O)[nH]c4ncccc43)CC2)CC[C@H]1c1cc(F)cc(F)c1. The smallest absolute Gasteiger partial charge is 0.410 e. The first-order chi connectivity index (χ1) is 19.9. The largest absolute Gasteiger partial charge is 0.440 e. The molecular formula is C28H26F2N8O3. The van der Waals surface area contributed by atoms with Crippen LogP contribution in [0.25, 0.3) is 21.6 Å². The van der Waals surface area contributed by atoms with E-state index in [9.17, 15) is 23.9 Å². The van der Waals surface area contributed by atoms with Crippen LogP contribution in [0.1, 0.15) is 66.6 Å². The fourth-order valence-corrected chi connectivity index (χ4v) is 6.07. The number of pyridine rings is 2. The molecule has 1 amide bonds. The molecule has 3 atom stereocenters. The van der Waals surface area contributed by atoms with Crippen molar-refractivity contribution < 1.29 is 18.3 Å². The molecule has 1 aromatic carbocycles. The van der Waals surface area contributed by atoms with Crippen molar-refractivity contribution in [3.05, 3.63) is 104 Å². The highest BCUT2D eigenvalue weighted by Crippen LogP contribution is 2.46. The molecule has 0 radical (unpaired) electrons. The number of aromatic nitrogens is 4. The molecule has 1 saturated heterocycles. The summed E-state index contributed by atoms with van der Waals surface area (Å²) in [7, 11) is 0. The van der Waals surface area contributed by atoms with Crippen LogP contribution in [0.3, 0.4) is 0 Å². The predicted molar refractivity (Wildman–Crippen MR) is 144 cm³/mol. The third-order valence-electron chi connectivity index (χ3n) is 7.93. The number of rotatable bonds is 4. The summed E-state index contributed by atoms with van der Waals surface area (Å²) in [5.41, 5.74) is 11.7. The maximum absolute atomic E-state index is 14.1. The van der Waals surface area contributed by atoms with Gasteiger partial charge in [-0.2, -0.15) is 0 Å². The average Bonchev–Trinajstić information content (AvgIpc) is 3.23. The lowest BCUT2D eigenvalue weighted by Gasteiger charge is -2.33. The van der Waals surface area contributed by atoms with Gasteiger partial charge < -0.3 is 9.64 Å². The van der Waals surface area contributed by atoms with Crippen LogP contribution >= 0.6 is 0 Å². The maximum Gasteiger partial charge on any atom is 0.410 e. The minimum Gasteiger partial charge on any atom is -0.440 e. The van der Waals surface area contributed by atoms with E-state index < -0.39 is 35.8 Å². The van der Waals surface area contributed by atoms with Gasteiger partial charge in [-0.25, -0.2) is 23.4 Å². The van der Waals surface area contributed by atoms with E-state index in [4.69, 9.17) is 4.74 Å². The first-order valence-corrected chi connectivity index (χ1v) is 13.4. The summed E-state index contributed by atoms with van der Waals surface area (Å²) in [5.74, 6) is -2.01. The molecule has 1 aliphatic heterocycles. The molecule has 1 aliphatic carbocycles. The molecule has 0 unspecified atom stereocenters. The second kappa shape index (κ2) is 11.0. The second-order valence-corrected chi connectivity index (χ2v) is 10.3. The Balaban J connectivity index is 1.21. The van der Waals surface area contributed by atoms with Crippen LogP contribution in [0.4, 0.5) is 13.6 Å². The molecule has 4 aromatic rings. The molecule has 210 valence electrons. The van der Waals surface area contributed by atoms with Crippen molar-refractivity contribution >= 4 is 17.3 Å². The van der Waals surface area contributed by atoms with E-state index in [1.807, 2.05) is 6.07 Å². The number of azide groups is 1. The number of nitrogens with one attached hydrogen (secondary N) is 1. The number of ether oxygens (including phenoxy) is 1. The van der Waals surface area contributed by atoms with E-state index in [1.54, 1.807) is 40.1 Å². The molecule has 11 nitrogen and oxygen atoms in total. The highest BCUT2D eigenvalue weighted by atomic mass is 19.1. The van der Waals surface area contributed by atoms with Crippen LogP contribution in [0.5, 0.6) is 0 Å². The number of imidazole rings is 1. The van der Waals surface area contributed by atoms with Crippen molar-refractivity contribution in [3.63, 3.8) is 0 Å². The van der Waals surface area contributed by atoms with Gasteiger partial charge in [0, 0.05) is 42.5 Å². The van der Waals surface area contributed by atoms with Gasteiger partial charge in [-0.1, -0.05) is 11.2 Å². The molecule has 0 saturated carbocycles. The van der Waals surface area contributed by atoms with Gasteiger partial charge in [-0.05, 0) is 78.6 Å². The van der Waals surface area contributed by atoms with Gasteiger partial charge in [0.25, 0.3) is 0 Å². The Bertz CT molecular complexity index is 1690. The minimum atomic E-state index is -0.798. The normalized spacial score (nSPS) is 21.1. The number of hydrogen-bond acceptors (Lipinski definition) is 6. The van der Waals surface area contributed by atoms with Crippen LogP contribution in [0.15, 0.2) is 64.8 Å². The lowest BCUT2D eigenvalue weighted by Crippen LogP contribution is -2.41. The van der Waals surface area contributed by atoms with Crippen LogP contribution in [0, 0.1) is 11.6 Å². The Labute approximate surface area is 232 Å². The topological polar surface area (TPSA) is 142 Å². The van der Waals surface area contributed by atoms with Gasteiger partial charge in [0.1, 0.15) is 17.7 Å². The number of carbonyl (C=O) groups is 1. The molecule has 41 heavy (non-hydrogen) atoms. The third-order valence-corrected chi connectivity index (χ3v) is 7.93. The number of nitrogens with zero attached hydrogens (tertiary/aromatic N) is 7. The monoisotopic (exact) mass is 560 g/mol. The first-order valence-electron chi connectivity index (χ1n) is 13.4. The molecule has 4 heterocycles. The van der Waals surface area contributed by atoms with Crippen molar-refractivity contribution in [2.45, 2.75) is 49.8 Å². The number of hydrogen-bond donors (Lipinski definition) is 1. The van der Waals surface area contributed by atoms with E-state index >= 15 is 0 Å². The van der Waals surface area contributed by atoms with Crippen LogP contribution < -0.4 is 5.69 Å². The Morgan fingerprint density at radius 3 is 2.54 bits per heavy atom. The summed E-state index contributed by atoms with van der Waals surface area (Å²) in [4.78, 5) is 42.0. The van der Waals surface area contributed by atoms with E-state index in [0.717, 1.165) is 11.6 Å². The summed E-state index contributed by atoms with van der Waals surface area (Å²) < 4.78 is 35.9. The quantitative estimate of drug-likeness (QED) is 0.144. The number of H-pyrrole nitrogens is 1. The third kappa shape index (κ3) is 5.11. The highest BCUT2D eigenvalue weighted by molar-refractivity contribution is 5.70. The Kier molecular flexibility index (Phi) is 7.10. The maximum atomic E-state index is 14.1. The number of benzene rings is 1. The number of piperidine rings is 1. The lowest BCUT2D eigenvalue weighted by molar-refractivity contribution is 0.0473. The number of amides is 1. The van der Waals surface area contributed by atoms with Crippen molar-refractivity contribution in [2.24, 2.45) is 5.11 Å². The molecular weight excluding hydrogens is 534 g/mol. The molecule has 0 bridgehead atoms. The highest BCUT2D eigenvalue weighted by Gasteiger charge is 2.36. The van der Waals surface area contributed by atoms with Gasteiger partial charge in [-0.15, -0.1) is 0 Å². The second-order valence-electron chi connectivity index (χ2n) is 10.3. The number of fused-ring (bicyclic) bond motifs is 2. The molecule has 0 spiro atoms. The summed E-state index contributed by atoms with van der Waals surface area (Å²) in [5, 5.41) is 3.98. The van der Waals surface area contributed by atoms with Gasteiger partial charge >= 0.3 is 11.8 Å². The van der Waals surface area contributed by atoms with Gasteiger partial charge in [0.15, 0.2) is 5.65 Å². The van der Waals surface area contributed by atoms with Crippen LogP contribution in [0.2, 0.25) is 0 Å². The van der Waals surface area contributed by atoms with E-state index in [2.05, 4.69) is 25.0 Å². The molecule has 1 N–H and O–H groups in total. The summed E-state index contributed by atoms with van der Waals surface area (Å²) in [6, 6.07) is 9.39. The minimum absolute atomic E-state index is 0.0956. The standard InChI is InChI=1S/C28H26F2N8O3/c29-17-13-16(14-18(30)15-17)20-5-6-23(25-21(3-1-9-32-25)24(20)35-36-31)41-28(40)37-11-7-19(8-12-37)38-22-4-2-10-33-26(22)34-27(38)39/h1-4,9-10,13-15,19-20,23-24H,5-8,11-12H2,(H,33,34,39)/t20-,23+,24-/m0/s1. The van der Waals surface area contributed by atoms with E-state index in [1.165, 1.54) is 12.1 Å².